The molecule has 4 rings (SSSR count). The molecule has 3 aromatic rings. The SMILES string of the molecule is CC(Nc1ccc2c(c1)C(=O)NC2)c1nc2ccccc2n1C. The summed E-state index contributed by atoms with van der Waals surface area (Å²) in [5.41, 5.74) is 4.85. The third kappa shape index (κ3) is 2.25. The van der Waals surface area contributed by atoms with Crippen molar-refractivity contribution in [3.05, 3.63) is 59.4 Å². The van der Waals surface area contributed by atoms with Crippen LogP contribution < -0.4 is 10.6 Å². The van der Waals surface area contributed by atoms with Crippen LogP contribution >= 0.6 is 0 Å². The minimum Gasteiger partial charge on any atom is -0.375 e. The van der Waals surface area contributed by atoms with E-state index in [9.17, 15) is 4.79 Å². The van der Waals surface area contributed by atoms with Gasteiger partial charge in [-0.15, -0.1) is 0 Å². The van der Waals surface area contributed by atoms with Crippen molar-refractivity contribution in [2.24, 2.45) is 7.05 Å². The molecule has 0 fully saturated rings. The van der Waals surface area contributed by atoms with Gasteiger partial charge in [0.25, 0.3) is 5.91 Å². The van der Waals surface area contributed by atoms with Gasteiger partial charge in [0.15, 0.2) is 0 Å². The number of imidazole rings is 1. The van der Waals surface area contributed by atoms with Crippen LogP contribution in [0.2, 0.25) is 0 Å². The number of rotatable bonds is 3. The summed E-state index contributed by atoms with van der Waals surface area (Å²) in [5, 5.41) is 6.29. The van der Waals surface area contributed by atoms with Gasteiger partial charge in [-0.25, -0.2) is 4.98 Å². The van der Waals surface area contributed by atoms with Crippen LogP contribution in [-0.4, -0.2) is 15.5 Å². The van der Waals surface area contributed by atoms with Crippen molar-refractivity contribution in [3.63, 3.8) is 0 Å². The first-order chi connectivity index (χ1) is 11.1. The van der Waals surface area contributed by atoms with Gasteiger partial charge in [0, 0.05) is 24.8 Å². The zero-order valence-electron chi connectivity index (χ0n) is 13.1. The Hall–Kier alpha value is -2.82. The minimum absolute atomic E-state index is 0.000895. The third-order valence-electron chi connectivity index (χ3n) is 4.39. The highest BCUT2D eigenvalue weighted by Gasteiger charge is 2.20. The summed E-state index contributed by atoms with van der Waals surface area (Å²) < 4.78 is 2.10. The number of hydrogen-bond acceptors (Lipinski definition) is 3. The van der Waals surface area contributed by atoms with Gasteiger partial charge in [0.2, 0.25) is 0 Å². The van der Waals surface area contributed by atoms with Crippen LogP contribution in [0.5, 0.6) is 0 Å². The van der Waals surface area contributed by atoms with E-state index in [4.69, 9.17) is 4.98 Å². The van der Waals surface area contributed by atoms with Gasteiger partial charge in [-0.2, -0.15) is 0 Å². The number of anilines is 1. The Morgan fingerprint density at radius 2 is 2.09 bits per heavy atom. The number of hydrogen-bond donors (Lipinski definition) is 2. The molecule has 1 aliphatic heterocycles. The van der Waals surface area contributed by atoms with Gasteiger partial charge in [-0.05, 0) is 36.8 Å². The number of nitrogens with zero attached hydrogens (tertiary/aromatic N) is 2. The summed E-state index contributed by atoms with van der Waals surface area (Å²) >= 11 is 0. The Morgan fingerprint density at radius 3 is 2.91 bits per heavy atom. The van der Waals surface area contributed by atoms with E-state index in [1.54, 1.807) is 0 Å². The summed E-state index contributed by atoms with van der Waals surface area (Å²) in [6.07, 6.45) is 0. The first kappa shape index (κ1) is 13.8. The Balaban J connectivity index is 1.64. The van der Waals surface area contributed by atoms with Crippen molar-refractivity contribution >= 4 is 22.6 Å². The van der Waals surface area contributed by atoms with Crippen LogP contribution in [0, 0.1) is 0 Å². The molecular formula is C18H18N4O. The monoisotopic (exact) mass is 306 g/mol. The van der Waals surface area contributed by atoms with E-state index < -0.39 is 0 Å². The number of carbonyl (C=O) groups is 1. The first-order valence-electron chi connectivity index (χ1n) is 7.72. The van der Waals surface area contributed by atoms with Gasteiger partial charge < -0.3 is 15.2 Å². The number of aromatic nitrogens is 2. The Morgan fingerprint density at radius 1 is 1.26 bits per heavy atom. The number of para-hydroxylation sites is 2. The second-order valence-corrected chi connectivity index (χ2v) is 5.94. The molecule has 116 valence electrons. The zero-order valence-corrected chi connectivity index (χ0v) is 13.1. The van der Waals surface area contributed by atoms with E-state index in [0.717, 1.165) is 33.7 Å². The second-order valence-electron chi connectivity index (χ2n) is 5.94. The van der Waals surface area contributed by atoms with E-state index in [1.807, 2.05) is 43.4 Å². The summed E-state index contributed by atoms with van der Waals surface area (Å²) in [5.74, 6) is 0.968. The van der Waals surface area contributed by atoms with E-state index >= 15 is 0 Å². The van der Waals surface area contributed by atoms with Crippen LogP contribution in [-0.2, 0) is 13.6 Å². The minimum atomic E-state index is -0.000895. The molecule has 2 aromatic carbocycles. The zero-order chi connectivity index (χ0) is 16.0. The average Bonchev–Trinajstić information content (AvgIpc) is 3.09. The molecule has 0 aliphatic carbocycles. The van der Waals surface area contributed by atoms with Gasteiger partial charge in [-0.1, -0.05) is 18.2 Å². The molecule has 23 heavy (non-hydrogen) atoms. The molecule has 0 bridgehead atoms. The smallest absolute Gasteiger partial charge is 0.251 e. The van der Waals surface area contributed by atoms with Crippen LogP contribution in [0.1, 0.15) is 34.7 Å². The lowest BCUT2D eigenvalue weighted by Crippen LogP contribution is -2.13. The number of fused-ring (bicyclic) bond motifs is 2. The highest BCUT2D eigenvalue weighted by Crippen LogP contribution is 2.25. The van der Waals surface area contributed by atoms with Crippen molar-refractivity contribution in [3.8, 4) is 0 Å². The highest BCUT2D eigenvalue weighted by atomic mass is 16.1. The lowest BCUT2D eigenvalue weighted by Gasteiger charge is -2.15. The molecule has 1 atom stereocenters. The molecule has 2 N–H and O–H groups in total. The predicted octanol–water partition coefficient (Wildman–Crippen LogP) is 2.99. The lowest BCUT2D eigenvalue weighted by molar-refractivity contribution is 0.0966. The number of aryl methyl sites for hydroxylation is 1. The fourth-order valence-electron chi connectivity index (χ4n) is 3.17. The molecule has 1 amide bonds. The van der Waals surface area contributed by atoms with Crippen LogP contribution in [0.15, 0.2) is 42.5 Å². The standard InChI is InChI=1S/C18H18N4O/c1-11(17-21-15-5-3-4-6-16(15)22(17)2)20-13-8-7-12-10-19-18(23)14(12)9-13/h3-9,11,20H,10H2,1-2H3,(H,19,23). The largest absolute Gasteiger partial charge is 0.375 e. The van der Waals surface area contributed by atoms with Gasteiger partial charge in [0.05, 0.1) is 17.1 Å². The Kier molecular flexibility index (Phi) is 3.08. The lowest BCUT2D eigenvalue weighted by atomic mass is 10.1. The van der Waals surface area contributed by atoms with Crippen LogP contribution in [0.3, 0.4) is 0 Å². The normalized spacial score (nSPS) is 14.6. The number of carbonyl (C=O) groups excluding carboxylic acids is 1. The molecule has 1 aliphatic rings. The summed E-state index contributed by atoms with van der Waals surface area (Å²) in [6, 6.07) is 14.1. The maximum absolute atomic E-state index is 11.8. The number of benzene rings is 2. The molecule has 5 nitrogen and oxygen atoms in total. The summed E-state index contributed by atoms with van der Waals surface area (Å²) in [6.45, 7) is 2.70. The van der Waals surface area contributed by atoms with Crippen LogP contribution in [0.25, 0.3) is 11.0 Å². The maximum atomic E-state index is 11.8. The number of nitrogens with one attached hydrogen (secondary N) is 2. The molecule has 0 saturated heterocycles. The van der Waals surface area contributed by atoms with Gasteiger partial charge >= 0.3 is 0 Å². The van der Waals surface area contributed by atoms with Crippen molar-refractivity contribution in [1.82, 2.24) is 14.9 Å². The fraction of sp³-hybridized carbons (Fsp3) is 0.222. The molecule has 0 radical (unpaired) electrons. The first-order valence-corrected chi connectivity index (χ1v) is 7.72. The van der Waals surface area contributed by atoms with Crippen molar-refractivity contribution in [1.29, 1.82) is 0 Å². The van der Waals surface area contributed by atoms with Crippen molar-refractivity contribution in [2.75, 3.05) is 5.32 Å². The molecule has 5 heteroatoms. The van der Waals surface area contributed by atoms with Crippen molar-refractivity contribution < 1.29 is 4.79 Å². The predicted molar refractivity (Wildman–Crippen MR) is 90.4 cm³/mol. The number of amides is 1. The van der Waals surface area contributed by atoms with E-state index in [1.165, 1.54) is 0 Å². The topological polar surface area (TPSA) is 59.0 Å². The quantitative estimate of drug-likeness (QED) is 0.782. The highest BCUT2D eigenvalue weighted by molar-refractivity contribution is 5.99. The van der Waals surface area contributed by atoms with E-state index in [-0.39, 0.29) is 11.9 Å². The Bertz CT molecular complexity index is 913. The van der Waals surface area contributed by atoms with Crippen LogP contribution in [0.4, 0.5) is 5.69 Å². The van der Waals surface area contributed by atoms with E-state index in [2.05, 4.69) is 28.2 Å². The second kappa shape index (κ2) is 5.12. The Labute approximate surface area is 134 Å². The average molecular weight is 306 g/mol. The van der Waals surface area contributed by atoms with Crippen molar-refractivity contribution in [2.45, 2.75) is 19.5 Å². The molecule has 1 unspecified atom stereocenters. The third-order valence-corrected chi connectivity index (χ3v) is 4.39. The van der Waals surface area contributed by atoms with E-state index in [0.29, 0.717) is 6.54 Å². The maximum Gasteiger partial charge on any atom is 0.251 e. The fourth-order valence-corrected chi connectivity index (χ4v) is 3.17. The molecule has 1 aromatic heterocycles. The molecular weight excluding hydrogens is 288 g/mol. The molecule has 2 heterocycles. The molecule has 0 spiro atoms. The summed E-state index contributed by atoms with van der Waals surface area (Å²) in [7, 11) is 2.03. The molecule has 0 saturated carbocycles. The summed E-state index contributed by atoms with van der Waals surface area (Å²) in [4.78, 5) is 16.5. The van der Waals surface area contributed by atoms with Gasteiger partial charge in [-0.3, -0.25) is 4.79 Å². The van der Waals surface area contributed by atoms with Gasteiger partial charge in [0.1, 0.15) is 5.82 Å².